The van der Waals surface area contributed by atoms with Gasteiger partial charge in [-0.2, -0.15) is 0 Å². The molecule has 0 saturated carbocycles. The van der Waals surface area contributed by atoms with Crippen LogP contribution in [0.3, 0.4) is 0 Å². The van der Waals surface area contributed by atoms with E-state index in [4.69, 9.17) is 4.74 Å². The van der Waals surface area contributed by atoms with E-state index in [9.17, 15) is 14.0 Å². The summed E-state index contributed by atoms with van der Waals surface area (Å²) in [6, 6.07) is 11.2. The number of aryl methyl sites for hydroxylation is 3. The van der Waals surface area contributed by atoms with Gasteiger partial charge in [0.1, 0.15) is 6.54 Å². The maximum atomic E-state index is 13.9. The van der Waals surface area contributed by atoms with Gasteiger partial charge < -0.3 is 15.4 Å². The van der Waals surface area contributed by atoms with Gasteiger partial charge in [-0.1, -0.05) is 6.07 Å². The van der Waals surface area contributed by atoms with Crippen LogP contribution in [-0.2, 0) is 11.3 Å². The van der Waals surface area contributed by atoms with Crippen molar-refractivity contribution in [2.45, 2.75) is 27.3 Å². The number of amides is 1. The quantitative estimate of drug-likeness (QED) is 0.647. The van der Waals surface area contributed by atoms with E-state index in [-0.39, 0.29) is 29.5 Å². The lowest BCUT2D eigenvalue weighted by atomic mass is 10.1. The highest BCUT2D eigenvalue weighted by Crippen LogP contribution is 2.21. The molecule has 0 spiro atoms. The van der Waals surface area contributed by atoms with Crippen LogP contribution in [0.25, 0.3) is 0 Å². The van der Waals surface area contributed by atoms with Crippen LogP contribution in [0.4, 0.5) is 21.7 Å². The molecule has 1 aromatic heterocycles. The van der Waals surface area contributed by atoms with Crippen molar-refractivity contribution in [1.82, 2.24) is 9.55 Å². The number of carbonyl (C=O) groups excluding carboxylic acids is 1. The van der Waals surface area contributed by atoms with E-state index >= 15 is 0 Å². The van der Waals surface area contributed by atoms with Crippen molar-refractivity contribution in [3.63, 3.8) is 0 Å². The number of hydrogen-bond donors (Lipinski definition) is 2. The Hall–Kier alpha value is -3.68. The van der Waals surface area contributed by atoms with Gasteiger partial charge >= 0.3 is 0 Å². The number of methoxy groups -OCH3 is 1. The second kappa shape index (κ2) is 8.77. The van der Waals surface area contributed by atoms with Crippen LogP contribution < -0.4 is 20.9 Å². The van der Waals surface area contributed by atoms with Crippen LogP contribution in [0.5, 0.6) is 5.75 Å². The molecule has 0 unspecified atom stereocenters. The molecule has 0 aliphatic carbocycles. The molecule has 0 aliphatic rings. The normalized spacial score (nSPS) is 10.6. The summed E-state index contributed by atoms with van der Waals surface area (Å²) in [6.07, 6.45) is 0. The summed E-state index contributed by atoms with van der Waals surface area (Å²) in [5, 5.41) is 5.69. The number of aromatic nitrogens is 2. The predicted molar refractivity (Wildman–Crippen MR) is 114 cm³/mol. The van der Waals surface area contributed by atoms with Gasteiger partial charge in [0.2, 0.25) is 11.9 Å². The Balaban J connectivity index is 1.84. The average Bonchev–Trinajstić information content (AvgIpc) is 2.67. The number of rotatable bonds is 6. The van der Waals surface area contributed by atoms with Crippen LogP contribution in [0.1, 0.15) is 16.8 Å². The molecule has 2 N–H and O–H groups in total. The average molecular weight is 410 g/mol. The third-order valence-electron chi connectivity index (χ3n) is 4.64. The van der Waals surface area contributed by atoms with E-state index in [2.05, 4.69) is 15.6 Å². The van der Waals surface area contributed by atoms with E-state index in [0.29, 0.717) is 5.69 Å². The SMILES string of the molecule is COc1ccc(NC(=O)Cn2c(Nc3ccc(C)c(C)c3)nc(C)cc2=O)cc1F. The zero-order chi connectivity index (χ0) is 21.8. The molecule has 0 bridgehead atoms. The van der Waals surface area contributed by atoms with E-state index in [1.54, 1.807) is 6.92 Å². The molecular formula is C22H23FN4O3. The summed E-state index contributed by atoms with van der Waals surface area (Å²) in [5.41, 5.74) is 3.39. The molecule has 0 radical (unpaired) electrons. The first-order valence-corrected chi connectivity index (χ1v) is 9.33. The van der Waals surface area contributed by atoms with Crippen molar-refractivity contribution >= 4 is 23.2 Å². The third-order valence-corrected chi connectivity index (χ3v) is 4.64. The van der Waals surface area contributed by atoms with Gasteiger partial charge in [-0.3, -0.25) is 14.2 Å². The molecule has 1 amide bonds. The lowest BCUT2D eigenvalue weighted by Gasteiger charge is -2.15. The van der Waals surface area contributed by atoms with Crippen LogP contribution in [0.2, 0.25) is 0 Å². The predicted octanol–water partition coefficient (Wildman–Crippen LogP) is 3.70. The molecule has 0 atom stereocenters. The number of ether oxygens (including phenoxy) is 1. The van der Waals surface area contributed by atoms with Crippen LogP contribution >= 0.6 is 0 Å². The van der Waals surface area contributed by atoms with Crippen LogP contribution in [0, 0.1) is 26.6 Å². The number of anilines is 3. The fraction of sp³-hybridized carbons (Fsp3) is 0.227. The van der Waals surface area contributed by atoms with Crippen molar-refractivity contribution in [2.24, 2.45) is 0 Å². The first-order chi connectivity index (χ1) is 14.3. The summed E-state index contributed by atoms with van der Waals surface area (Å²) in [4.78, 5) is 29.4. The zero-order valence-corrected chi connectivity index (χ0v) is 17.2. The van der Waals surface area contributed by atoms with Gasteiger partial charge in [-0.25, -0.2) is 9.37 Å². The smallest absolute Gasteiger partial charge is 0.255 e. The van der Waals surface area contributed by atoms with Crippen LogP contribution in [-0.4, -0.2) is 22.6 Å². The van der Waals surface area contributed by atoms with Gasteiger partial charge in [-0.05, 0) is 56.2 Å². The number of hydrogen-bond acceptors (Lipinski definition) is 5. The Morgan fingerprint density at radius 3 is 2.47 bits per heavy atom. The van der Waals surface area contributed by atoms with Crippen molar-refractivity contribution in [3.8, 4) is 5.75 Å². The zero-order valence-electron chi connectivity index (χ0n) is 17.2. The van der Waals surface area contributed by atoms with Gasteiger partial charge in [0.15, 0.2) is 11.6 Å². The number of carbonyl (C=O) groups is 1. The molecule has 30 heavy (non-hydrogen) atoms. The van der Waals surface area contributed by atoms with E-state index < -0.39 is 11.7 Å². The maximum absolute atomic E-state index is 13.9. The Morgan fingerprint density at radius 1 is 1.07 bits per heavy atom. The van der Waals surface area contributed by atoms with Crippen molar-refractivity contribution < 1.29 is 13.9 Å². The van der Waals surface area contributed by atoms with E-state index in [1.165, 1.54) is 29.9 Å². The summed E-state index contributed by atoms with van der Waals surface area (Å²) in [6.45, 7) is 5.41. The van der Waals surface area contributed by atoms with E-state index in [0.717, 1.165) is 22.9 Å². The van der Waals surface area contributed by atoms with Gasteiger partial charge in [0.05, 0.1) is 7.11 Å². The maximum Gasteiger partial charge on any atom is 0.255 e. The van der Waals surface area contributed by atoms with E-state index in [1.807, 2.05) is 32.0 Å². The monoisotopic (exact) mass is 410 g/mol. The van der Waals surface area contributed by atoms with Gasteiger partial charge in [0.25, 0.3) is 5.56 Å². The molecule has 3 rings (SSSR count). The topological polar surface area (TPSA) is 85.2 Å². The number of nitrogens with zero attached hydrogens (tertiary/aromatic N) is 2. The highest BCUT2D eigenvalue weighted by Gasteiger charge is 2.13. The summed E-state index contributed by atoms with van der Waals surface area (Å²) >= 11 is 0. The van der Waals surface area contributed by atoms with Crippen molar-refractivity contribution in [1.29, 1.82) is 0 Å². The fourth-order valence-corrected chi connectivity index (χ4v) is 2.91. The summed E-state index contributed by atoms with van der Waals surface area (Å²) < 4.78 is 20.0. The highest BCUT2D eigenvalue weighted by molar-refractivity contribution is 5.90. The largest absolute Gasteiger partial charge is 0.494 e. The molecule has 0 aliphatic heterocycles. The van der Waals surface area contributed by atoms with Gasteiger partial charge in [-0.15, -0.1) is 0 Å². The molecule has 2 aromatic carbocycles. The molecular weight excluding hydrogens is 387 g/mol. The van der Waals surface area contributed by atoms with Crippen LogP contribution in [0.15, 0.2) is 47.3 Å². The summed E-state index contributed by atoms with van der Waals surface area (Å²) in [7, 11) is 1.36. The van der Waals surface area contributed by atoms with Gasteiger partial charge in [0, 0.05) is 29.2 Å². The fourth-order valence-electron chi connectivity index (χ4n) is 2.91. The Kier molecular flexibility index (Phi) is 6.15. The first-order valence-electron chi connectivity index (χ1n) is 9.33. The molecule has 8 heteroatoms. The first kappa shape index (κ1) is 21.0. The Bertz CT molecular complexity index is 1160. The molecule has 7 nitrogen and oxygen atoms in total. The Morgan fingerprint density at radius 2 is 1.80 bits per heavy atom. The minimum atomic E-state index is -0.596. The number of halogens is 1. The van der Waals surface area contributed by atoms with Crippen molar-refractivity contribution in [2.75, 3.05) is 17.7 Å². The number of benzene rings is 2. The standard InChI is InChI=1S/C22H23FN4O3/c1-13-5-6-16(9-14(13)2)26-22-24-15(3)10-21(29)27(22)12-20(28)25-17-7-8-19(30-4)18(23)11-17/h5-11H,12H2,1-4H3,(H,24,26)(H,25,28). The summed E-state index contributed by atoms with van der Waals surface area (Å²) in [5.74, 6) is -0.761. The third kappa shape index (κ3) is 4.83. The second-order valence-corrected chi connectivity index (χ2v) is 6.97. The molecule has 0 saturated heterocycles. The highest BCUT2D eigenvalue weighted by atomic mass is 19.1. The minimum absolute atomic E-state index is 0.0758. The lowest BCUT2D eigenvalue weighted by molar-refractivity contribution is -0.116. The molecule has 3 aromatic rings. The Labute approximate surface area is 173 Å². The molecule has 0 fully saturated rings. The molecule has 1 heterocycles. The van der Waals surface area contributed by atoms with Crippen molar-refractivity contribution in [3.05, 3.63) is 75.5 Å². The lowest BCUT2D eigenvalue weighted by Crippen LogP contribution is -2.30. The second-order valence-electron chi connectivity index (χ2n) is 6.97. The number of nitrogens with one attached hydrogen (secondary N) is 2. The minimum Gasteiger partial charge on any atom is -0.494 e. The molecule has 156 valence electrons.